The lowest BCUT2D eigenvalue weighted by Gasteiger charge is -2.22. The van der Waals surface area contributed by atoms with E-state index >= 15 is 0 Å². The summed E-state index contributed by atoms with van der Waals surface area (Å²) in [5, 5.41) is 3.25. The first kappa shape index (κ1) is 14.9. The molecule has 0 aromatic heterocycles. The molecule has 5 heteroatoms. The summed E-state index contributed by atoms with van der Waals surface area (Å²) in [6, 6.07) is 0. The summed E-state index contributed by atoms with van der Waals surface area (Å²) in [5.74, 6) is 1.28. The van der Waals surface area contributed by atoms with E-state index in [2.05, 4.69) is 23.9 Å². The van der Waals surface area contributed by atoms with Crippen LogP contribution in [0.5, 0.6) is 0 Å². The topological polar surface area (TPSA) is 58.2 Å². The van der Waals surface area contributed by atoms with Crippen LogP contribution in [0.25, 0.3) is 0 Å². The Morgan fingerprint density at radius 1 is 1.29 bits per heavy atom. The second kappa shape index (κ2) is 7.34. The normalized spacial score (nSPS) is 18.8. The van der Waals surface area contributed by atoms with Crippen molar-refractivity contribution in [1.29, 1.82) is 0 Å². The van der Waals surface area contributed by atoms with Crippen LogP contribution < -0.4 is 10.0 Å². The Morgan fingerprint density at radius 3 is 2.53 bits per heavy atom. The zero-order valence-electron chi connectivity index (χ0n) is 11.0. The molecule has 1 saturated heterocycles. The van der Waals surface area contributed by atoms with Crippen molar-refractivity contribution in [3.8, 4) is 0 Å². The summed E-state index contributed by atoms with van der Waals surface area (Å²) < 4.78 is 26.3. The second-order valence-corrected chi connectivity index (χ2v) is 7.26. The van der Waals surface area contributed by atoms with Gasteiger partial charge in [-0.25, -0.2) is 13.1 Å². The molecule has 1 fully saturated rings. The van der Waals surface area contributed by atoms with Crippen molar-refractivity contribution in [3.05, 3.63) is 0 Å². The molecule has 17 heavy (non-hydrogen) atoms. The molecular formula is C12H26N2O2S. The molecule has 0 aromatic carbocycles. The van der Waals surface area contributed by atoms with Crippen LogP contribution in [0.1, 0.15) is 39.5 Å². The minimum Gasteiger partial charge on any atom is -0.317 e. The Kier molecular flexibility index (Phi) is 6.44. The average Bonchev–Trinajstić information content (AvgIpc) is 2.25. The van der Waals surface area contributed by atoms with Crippen LogP contribution in [-0.2, 0) is 10.0 Å². The molecule has 0 unspecified atom stereocenters. The summed E-state index contributed by atoms with van der Waals surface area (Å²) in [7, 11) is -3.06. The monoisotopic (exact) mass is 262 g/mol. The van der Waals surface area contributed by atoms with Crippen LogP contribution in [0.4, 0.5) is 0 Å². The van der Waals surface area contributed by atoms with Crippen molar-refractivity contribution in [3.63, 3.8) is 0 Å². The summed E-state index contributed by atoms with van der Waals surface area (Å²) in [6.07, 6.45) is 3.97. The molecule has 0 saturated carbocycles. The Hall–Kier alpha value is -0.130. The molecule has 1 aliphatic heterocycles. The molecule has 0 bridgehead atoms. The van der Waals surface area contributed by atoms with Gasteiger partial charge in [0.15, 0.2) is 0 Å². The van der Waals surface area contributed by atoms with Crippen molar-refractivity contribution in [2.45, 2.75) is 39.5 Å². The van der Waals surface area contributed by atoms with Gasteiger partial charge < -0.3 is 5.32 Å². The first-order chi connectivity index (χ1) is 7.99. The van der Waals surface area contributed by atoms with Gasteiger partial charge in [-0.05, 0) is 50.6 Å². The Labute approximate surface area is 106 Å². The van der Waals surface area contributed by atoms with Gasteiger partial charge in [0.1, 0.15) is 0 Å². The number of piperidine rings is 1. The highest BCUT2D eigenvalue weighted by molar-refractivity contribution is 7.89. The van der Waals surface area contributed by atoms with Gasteiger partial charge in [-0.15, -0.1) is 0 Å². The molecule has 0 aliphatic carbocycles. The van der Waals surface area contributed by atoms with E-state index in [4.69, 9.17) is 0 Å². The lowest BCUT2D eigenvalue weighted by molar-refractivity contribution is 0.400. The molecule has 1 heterocycles. The van der Waals surface area contributed by atoms with Gasteiger partial charge in [-0.2, -0.15) is 0 Å². The smallest absolute Gasteiger partial charge is 0.211 e. The standard InChI is InChI=1S/C12H26N2O2S/c1-11(2)4-3-7-14-17(15,16)10-12-5-8-13-9-6-12/h11-14H,3-10H2,1-2H3. The van der Waals surface area contributed by atoms with E-state index in [1.807, 2.05) is 0 Å². The minimum absolute atomic E-state index is 0.302. The molecule has 0 spiro atoms. The first-order valence-corrected chi connectivity index (χ1v) is 8.33. The van der Waals surface area contributed by atoms with Crippen LogP contribution in [0.2, 0.25) is 0 Å². The maximum atomic E-state index is 11.8. The maximum Gasteiger partial charge on any atom is 0.211 e. The van der Waals surface area contributed by atoms with E-state index in [9.17, 15) is 8.42 Å². The molecule has 102 valence electrons. The van der Waals surface area contributed by atoms with Gasteiger partial charge in [0.2, 0.25) is 10.0 Å². The highest BCUT2D eigenvalue weighted by atomic mass is 32.2. The second-order valence-electron chi connectivity index (χ2n) is 5.41. The maximum absolute atomic E-state index is 11.8. The first-order valence-electron chi connectivity index (χ1n) is 6.67. The highest BCUT2D eigenvalue weighted by Gasteiger charge is 2.20. The van der Waals surface area contributed by atoms with Crippen LogP contribution in [-0.4, -0.2) is 33.8 Å². The fourth-order valence-electron chi connectivity index (χ4n) is 2.16. The zero-order chi connectivity index (χ0) is 12.7. The van der Waals surface area contributed by atoms with E-state index in [-0.39, 0.29) is 0 Å². The summed E-state index contributed by atoms with van der Waals surface area (Å²) in [4.78, 5) is 0. The molecule has 1 aliphatic rings. The average molecular weight is 262 g/mol. The molecule has 1 rings (SSSR count). The number of nitrogens with one attached hydrogen (secondary N) is 2. The molecule has 2 N–H and O–H groups in total. The van der Waals surface area contributed by atoms with Crippen LogP contribution >= 0.6 is 0 Å². The molecule has 0 atom stereocenters. The third-order valence-electron chi connectivity index (χ3n) is 3.19. The van der Waals surface area contributed by atoms with Crippen LogP contribution in [0.3, 0.4) is 0 Å². The van der Waals surface area contributed by atoms with E-state index in [1.54, 1.807) is 0 Å². The predicted molar refractivity (Wildman–Crippen MR) is 71.5 cm³/mol. The van der Waals surface area contributed by atoms with Crippen LogP contribution in [0, 0.1) is 11.8 Å². The Bertz CT molecular complexity index is 296. The highest BCUT2D eigenvalue weighted by Crippen LogP contribution is 2.13. The fourth-order valence-corrected chi connectivity index (χ4v) is 3.68. The van der Waals surface area contributed by atoms with Gasteiger partial charge >= 0.3 is 0 Å². The fraction of sp³-hybridized carbons (Fsp3) is 1.00. The van der Waals surface area contributed by atoms with Gasteiger partial charge in [0.05, 0.1) is 5.75 Å². The van der Waals surface area contributed by atoms with Crippen molar-refractivity contribution in [2.75, 3.05) is 25.4 Å². The lowest BCUT2D eigenvalue weighted by atomic mass is 10.0. The quantitative estimate of drug-likeness (QED) is 0.681. The van der Waals surface area contributed by atoms with E-state index in [1.165, 1.54) is 0 Å². The van der Waals surface area contributed by atoms with Crippen molar-refractivity contribution < 1.29 is 8.42 Å². The van der Waals surface area contributed by atoms with E-state index in [0.29, 0.717) is 24.1 Å². The Balaban J connectivity index is 2.20. The zero-order valence-corrected chi connectivity index (χ0v) is 11.9. The van der Waals surface area contributed by atoms with Crippen LogP contribution in [0.15, 0.2) is 0 Å². The number of rotatable bonds is 7. The summed E-state index contributed by atoms with van der Waals surface area (Å²) >= 11 is 0. The SMILES string of the molecule is CC(C)CCCNS(=O)(=O)CC1CCNCC1. The molecule has 4 nitrogen and oxygen atoms in total. The summed E-state index contributed by atoms with van der Waals surface area (Å²) in [6.45, 7) is 6.81. The number of sulfonamides is 1. The number of hydrogen-bond acceptors (Lipinski definition) is 3. The Morgan fingerprint density at radius 2 is 1.94 bits per heavy atom. The van der Waals surface area contributed by atoms with Gasteiger partial charge in [0.25, 0.3) is 0 Å². The van der Waals surface area contributed by atoms with Gasteiger partial charge in [-0.1, -0.05) is 13.8 Å². The van der Waals surface area contributed by atoms with E-state index in [0.717, 1.165) is 38.8 Å². The molecule has 0 radical (unpaired) electrons. The largest absolute Gasteiger partial charge is 0.317 e. The van der Waals surface area contributed by atoms with Gasteiger partial charge in [-0.3, -0.25) is 0 Å². The minimum atomic E-state index is -3.06. The van der Waals surface area contributed by atoms with Crippen molar-refractivity contribution in [1.82, 2.24) is 10.0 Å². The third-order valence-corrected chi connectivity index (χ3v) is 4.75. The summed E-state index contributed by atoms with van der Waals surface area (Å²) in [5.41, 5.74) is 0. The lowest BCUT2D eigenvalue weighted by Crippen LogP contribution is -2.36. The van der Waals surface area contributed by atoms with E-state index < -0.39 is 10.0 Å². The van der Waals surface area contributed by atoms with Crippen molar-refractivity contribution >= 4 is 10.0 Å². The molecule has 0 aromatic rings. The molecular weight excluding hydrogens is 236 g/mol. The van der Waals surface area contributed by atoms with Crippen molar-refractivity contribution in [2.24, 2.45) is 11.8 Å². The predicted octanol–water partition coefficient (Wildman–Crippen LogP) is 1.34. The number of hydrogen-bond donors (Lipinski definition) is 2. The third kappa shape index (κ3) is 7.01. The molecule has 0 amide bonds. The van der Waals surface area contributed by atoms with Gasteiger partial charge in [0, 0.05) is 6.54 Å².